The van der Waals surface area contributed by atoms with Gasteiger partial charge in [-0.15, -0.1) is 0 Å². The summed E-state index contributed by atoms with van der Waals surface area (Å²) in [5, 5.41) is 0. The first-order chi connectivity index (χ1) is 5.29. The summed E-state index contributed by atoms with van der Waals surface area (Å²) in [5.74, 6) is 1.15. The molecular weight excluding hydrogens is 155 g/mol. The van der Waals surface area contributed by atoms with Crippen LogP contribution in [0.25, 0.3) is 11.0 Å². The van der Waals surface area contributed by atoms with Gasteiger partial charge in [0.05, 0.1) is 9.39 Å². The number of hydrogen-bond donors (Lipinski definition) is 1. The van der Waals surface area contributed by atoms with Gasteiger partial charge in [0.1, 0.15) is 0 Å². The number of aromatic amines is 1. The van der Waals surface area contributed by atoms with Crippen molar-refractivity contribution in [2.45, 2.75) is 6.92 Å². The molecule has 0 bridgehead atoms. The summed E-state index contributed by atoms with van der Waals surface area (Å²) in [6, 6.07) is 8.23. The van der Waals surface area contributed by atoms with Crippen molar-refractivity contribution in [3.8, 4) is 0 Å². The number of hydrogen-bond acceptors (Lipinski definition) is 0. The molecule has 0 spiro atoms. The van der Waals surface area contributed by atoms with Gasteiger partial charge in [-0.1, -0.05) is 12.1 Å². The van der Waals surface area contributed by atoms with Crippen molar-refractivity contribution in [3.63, 3.8) is 0 Å². The predicted molar refractivity (Wildman–Crippen MR) is 48.3 cm³/mol. The lowest BCUT2D eigenvalue weighted by molar-refractivity contribution is -0.476. The normalized spacial score (nSPS) is 10.7. The lowest BCUT2D eigenvalue weighted by Gasteiger charge is -1.84. The van der Waals surface area contributed by atoms with Crippen LogP contribution in [0.15, 0.2) is 24.3 Å². The Kier molecular flexibility index (Phi) is 1.43. The zero-order valence-electron chi connectivity index (χ0n) is 6.33. The molecule has 56 valence electrons. The van der Waals surface area contributed by atoms with Gasteiger partial charge in [0.2, 0.25) is 0 Å². The van der Waals surface area contributed by atoms with E-state index in [4.69, 9.17) is 0 Å². The SMILES string of the molecule is Cc1[nH]c2ccccc2[n+]1P. The molecule has 1 unspecified atom stereocenters. The molecule has 0 aliphatic heterocycles. The van der Waals surface area contributed by atoms with E-state index in [0.29, 0.717) is 0 Å². The fourth-order valence-corrected chi connectivity index (χ4v) is 1.51. The Morgan fingerprint density at radius 1 is 1.36 bits per heavy atom. The topological polar surface area (TPSA) is 19.7 Å². The Hall–Kier alpha value is -0.880. The van der Waals surface area contributed by atoms with Crippen LogP contribution >= 0.6 is 9.39 Å². The molecule has 1 heterocycles. The van der Waals surface area contributed by atoms with E-state index in [9.17, 15) is 0 Å². The highest BCUT2D eigenvalue weighted by atomic mass is 31.0. The summed E-state index contributed by atoms with van der Waals surface area (Å²) in [5.41, 5.74) is 2.40. The van der Waals surface area contributed by atoms with Crippen molar-refractivity contribution in [2.24, 2.45) is 0 Å². The van der Waals surface area contributed by atoms with E-state index >= 15 is 0 Å². The van der Waals surface area contributed by atoms with Crippen molar-refractivity contribution in [1.82, 2.24) is 4.98 Å². The minimum absolute atomic E-state index is 1.15. The molecular formula is C8H10N2P+. The van der Waals surface area contributed by atoms with Crippen LogP contribution < -0.4 is 4.34 Å². The maximum Gasteiger partial charge on any atom is 0.253 e. The molecule has 3 heteroatoms. The third kappa shape index (κ3) is 0.945. The first-order valence-electron chi connectivity index (χ1n) is 3.53. The Balaban J connectivity index is 2.92. The van der Waals surface area contributed by atoms with Crippen molar-refractivity contribution in [3.05, 3.63) is 30.1 Å². The van der Waals surface area contributed by atoms with Gasteiger partial charge in [-0.2, -0.15) is 0 Å². The van der Waals surface area contributed by atoms with Gasteiger partial charge < -0.3 is 0 Å². The number of rotatable bonds is 0. The van der Waals surface area contributed by atoms with E-state index in [1.165, 1.54) is 11.0 Å². The zero-order chi connectivity index (χ0) is 7.84. The number of imidazole rings is 1. The standard InChI is InChI=1S/C8H9N2P/c1-6-9-7-4-2-3-5-8(7)10(6)11/h2-5H,11H2,1H3/p+1. The van der Waals surface area contributed by atoms with Crippen LogP contribution in [0.2, 0.25) is 0 Å². The quantitative estimate of drug-likeness (QED) is 0.569. The van der Waals surface area contributed by atoms with E-state index in [-0.39, 0.29) is 0 Å². The number of nitrogens with zero attached hydrogens (tertiary/aromatic N) is 1. The summed E-state index contributed by atoms with van der Waals surface area (Å²) in [6.07, 6.45) is 0. The van der Waals surface area contributed by atoms with Crippen LogP contribution in [0.1, 0.15) is 5.82 Å². The Morgan fingerprint density at radius 2 is 2.09 bits per heavy atom. The number of nitrogens with one attached hydrogen (secondary N) is 1. The average Bonchev–Trinajstić information content (AvgIpc) is 2.30. The molecule has 0 amide bonds. The molecule has 2 aromatic rings. The summed E-state index contributed by atoms with van der Waals surface area (Å²) in [4.78, 5) is 3.27. The summed E-state index contributed by atoms with van der Waals surface area (Å²) in [6.45, 7) is 2.05. The molecule has 0 aliphatic rings. The van der Waals surface area contributed by atoms with Crippen LogP contribution in [0.5, 0.6) is 0 Å². The molecule has 0 saturated carbocycles. The maximum atomic E-state index is 3.27. The van der Waals surface area contributed by atoms with E-state index in [0.717, 1.165) is 5.82 Å². The molecule has 0 aliphatic carbocycles. The molecule has 2 rings (SSSR count). The Morgan fingerprint density at radius 3 is 2.82 bits per heavy atom. The molecule has 0 saturated heterocycles. The summed E-state index contributed by atoms with van der Waals surface area (Å²) >= 11 is 0. The zero-order valence-corrected chi connectivity index (χ0v) is 7.49. The van der Waals surface area contributed by atoms with Gasteiger partial charge in [0.15, 0.2) is 11.0 Å². The fraction of sp³-hybridized carbons (Fsp3) is 0.125. The van der Waals surface area contributed by atoms with E-state index in [2.05, 4.69) is 30.8 Å². The highest BCUT2D eigenvalue weighted by Crippen LogP contribution is 2.08. The number of benzene rings is 1. The third-order valence-electron chi connectivity index (χ3n) is 1.84. The van der Waals surface area contributed by atoms with Crippen molar-refractivity contribution >= 4 is 20.4 Å². The largest absolute Gasteiger partial charge is 0.253 e. The van der Waals surface area contributed by atoms with E-state index in [1.54, 1.807) is 0 Å². The monoisotopic (exact) mass is 165 g/mol. The van der Waals surface area contributed by atoms with Crippen molar-refractivity contribution in [1.29, 1.82) is 0 Å². The van der Waals surface area contributed by atoms with Gasteiger partial charge in [-0.25, -0.2) is 9.32 Å². The Bertz CT molecular complexity index is 392. The van der Waals surface area contributed by atoms with Gasteiger partial charge in [-0.05, 0) is 12.1 Å². The second-order valence-electron chi connectivity index (χ2n) is 2.60. The minimum Gasteiger partial charge on any atom is -0.241 e. The smallest absolute Gasteiger partial charge is 0.241 e. The molecule has 0 radical (unpaired) electrons. The molecule has 2 nitrogen and oxygen atoms in total. The molecule has 0 fully saturated rings. The van der Waals surface area contributed by atoms with Gasteiger partial charge in [-0.3, -0.25) is 0 Å². The Labute approximate surface area is 67.5 Å². The number of fused-ring (bicyclic) bond motifs is 1. The number of para-hydroxylation sites is 2. The van der Waals surface area contributed by atoms with E-state index in [1.807, 2.05) is 19.1 Å². The fourth-order valence-electron chi connectivity index (χ4n) is 1.23. The van der Waals surface area contributed by atoms with Crippen LogP contribution in [-0.4, -0.2) is 4.98 Å². The minimum atomic E-state index is 1.15. The molecule has 1 aromatic heterocycles. The van der Waals surface area contributed by atoms with Crippen LogP contribution in [0, 0.1) is 6.92 Å². The summed E-state index contributed by atoms with van der Waals surface area (Å²) < 4.78 is 2.06. The molecule has 1 N–H and O–H groups in total. The first-order valence-corrected chi connectivity index (χ1v) is 4.05. The van der Waals surface area contributed by atoms with Crippen LogP contribution in [0.3, 0.4) is 0 Å². The summed E-state index contributed by atoms with van der Waals surface area (Å²) in [7, 11) is 2.67. The number of aryl methyl sites for hydroxylation is 1. The van der Waals surface area contributed by atoms with Crippen LogP contribution in [-0.2, 0) is 0 Å². The number of H-pyrrole nitrogens is 1. The predicted octanol–water partition coefficient (Wildman–Crippen LogP) is 1.40. The second kappa shape index (κ2) is 2.31. The average molecular weight is 165 g/mol. The lowest BCUT2D eigenvalue weighted by atomic mass is 10.3. The maximum absolute atomic E-state index is 3.27. The first kappa shape index (κ1) is 6.81. The highest BCUT2D eigenvalue weighted by Gasteiger charge is 2.08. The molecule has 1 aromatic carbocycles. The van der Waals surface area contributed by atoms with E-state index < -0.39 is 0 Å². The lowest BCUT2D eigenvalue weighted by Crippen LogP contribution is -2.20. The van der Waals surface area contributed by atoms with Gasteiger partial charge in [0, 0.05) is 6.92 Å². The third-order valence-corrected chi connectivity index (χ3v) is 2.51. The molecule has 11 heavy (non-hydrogen) atoms. The number of aromatic nitrogens is 2. The van der Waals surface area contributed by atoms with Gasteiger partial charge >= 0.3 is 0 Å². The van der Waals surface area contributed by atoms with Gasteiger partial charge in [0.25, 0.3) is 5.82 Å². The van der Waals surface area contributed by atoms with Crippen LogP contribution in [0.4, 0.5) is 0 Å². The van der Waals surface area contributed by atoms with Crippen molar-refractivity contribution in [2.75, 3.05) is 0 Å². The highest BCUT2D eigenvalue weighted by molar-refractivity contribution is 7.07. The van der Waals surface area contributed by atoms with Crippen molar-refractivity contribution < 1.29 is 4.34 Å². The second-order valence-corrected chi connectivity index (χ2v) is 3.11. The molecule has 1 atom stereocenters.